The standard InChI is InChI=1S/C28H34N2O4/c1-20(21(2)33-3)26(31)29-17-10-9-15-28(16-18-29)19-30(24-13-7-6-12-23(24)28)27(32)22-11-5-8-14-25(22)34-4/h5-8,11-14H,9-10,15-19H2,1-4H3/b21-20-. The SMILES string of the molecule is CO/C(C)=C(/C)C(=O)N1CCCCC2(CC1)CN(C(=O)c1ccccc1OC)c1ccccc12. The van der Waals surface area contributed by atoms with E-state index in [1.165, 1.54) is 5.56 Å². The second-order valence-corrected chi connectivity index (χ2v) is 9.27. The Hall–Kier alpha value is -3.28. The first-order valence-electron chi connectivity index (χ1n) is 12.0. The molecule has 2 aromatic carbocycles. The third-order valence-corrected chi connectivity index (χ3v) is 7.45. The van der Waals surface area contributed by atoms with Gasteiger partial charge in [0.05, 0.1) is 25.4 Å². The molecular weight excluding hydrogens is 428 g/mol. The molecule has 180 valence electrons. The van der Waals surface area contributed by atoms with Crippen molar-refractivity contribution in [3.8, 4) is 5.75 Å². The molecule has 2 aliphatic heterocycles. The number of carbonyl (C=O) groups excluding carboxylic acids is 2. The predicted octanol–water partition coefficient (Wildman–Crippen LogP) is 4.94. The monoisotopic (exact) mass is 462 g/mol. The summed E-state index contributed by atoms with van der Waals surface area (Å²) >= 11 is 0. The summed E-state index contributed by atoms with van der Waals surface area (Å²) in [6.07, 6.45) is 3.74. The number of carbonyl (C=O) groups is 2. The molecule has 1 fully saturated rings. The minimum Gasteiger partial charge on any atom is -0.501 e. The Morgan fingerprint density at radius 2 is 1.65 bits per heavy atom. The van der Waals surface area contributed by atoms with Gasteiger partial charge in [0.25, 0.3) is 11.8 Å². The maximum Gasteiger partial charge on any atom is 0.262 e. The van der Waals surface area contributed by atoms with Crippen molar-refractivity contribution < 1.29 is 19.1 Å². The minimum absolute atomic E-state index is 0.0321. The van der Waals surface area contributed by atoms with E-state index in [1.807, 2.05) is 66.1 Å². The van der Waals surface area contributed by atoms with E-state index in [0.717, 1.165) is 37.9 Å². The van der Waals surface area contributed by atoms with Crippen molar-refractivity contribution in [3.63, 3.8) is 0 Å². The smallest absolute Gasteiger partial charge is 0.262 e. The van der Waals surface area contributed by atoms with Crippen LogP contribution in [0.15, 0.2) is 59.9 Å². The Kier molecular flexibility index (Phi) is 6.96. The zero-order chi connectivity index (χ0) is 24.3. The van der Waals surface area contributed by atoms with Gasteiger partial charge in [0.15, 0.2) is 0 Å². The number of allylic oxidation sites excluding steroid dienone is 1. The van der Waals surface area contributed by atoms with Gasteiger partial charge in [-0.15, -0.1) is 0 Å². The number of methoxy groups -OCH3 is 2. The molecule has 2 aromatic rings. The lowest BCUT2D eigenvalue weighted by Crippen LogP contribution is -2.43. The molecule has 1 saturated heterocycles. The average molecular weight is 463 g/mol. The van der Waals surface area contributed by atoms with Crippen molar-refractivity contribution in [2.24, 2.45) is 0 Å². The Morgan fingerprint density at radius 1 is 0.912 bits per heavy atom. The van der Waals surface area contributed by atoms with Crippen LogP contribution in [0.1, 0.15) is 55.5 Å². The Balaban J connectivity index is 1.65. The molecule has 1 atom stereocenters. The van der Waals surface area contributed by atoms with Crippen molar-refractivity contribution >= 4 is 17.5 Å². The molecule has 2 amide bonds. The van der Waals surface area contributed by atoms with E-state index in [1.54, 1.807) is 14.2 Å². The molecular formula is C28H34N2O4. The molecule has 4 rings (SSSR count). The molecule has 34 heavy (non-hydrogen) atoms. The van der Waals surface area contributed by atoms with Crippen LogP contribution in [0, 0.1) is 0 Å². The highest BCUT2D eigenvalue weighted by Gasteiger charge is 2.45. The summed E-state index contributed by atoms with van der Waals surface area (Å²) < 4.78 is 10.8. The normalized spacial score (nSPS) is 20.8. The molecule has 2 heterocycles. The van der Waals surface area contributed by atoms with E-state index in [9.17, 15) is 9.59 Å². The summed E-state index contributed by atoms with van der Waals surface area (Å²) in [5.74, 6) is 1.22. The number of benzene rings is 2. The average Bonchev–Trinajstić information content (AvgIpc) is 3.20. The van der Waals surface area contributed by atoms with Crippen LogP contribution in [0.5, 0.6) is 5.75 Å². The lowest BCUT2D eigenvalue weighted by molar-refractivity contribution is -0.127. The third kappa shape index (κ3) is 4.29. The molecule has 0 N–H and O–H groups in total. The largest absolute Gasteiger partial charge is 0.501 e. The van der Waals surface area contributed by atoms with Crippen LogP contribution in [-0.2, 0) is 14.9 Å². The maximum atomic E-state index is 13.7. The molecule has 6 nitrogen and oxygen atoms in total. The summed E-state index contributed by atoms with van der Waals surface area (Å²) in [7, 11) is 3.19. The summed E-state index contributed by atoms with van der Waals surface area (Å²) in [4.78, 5) is 30.7. The Labute approximate surface area is 202 Å². The van der Waals surface area contributed by atoms with Gasteiger partial charge >= 0.3 is 0 Å². The fraction of sp³-hybridized carbons (Fsp3) is 0.429. The van der Waals surface area contributed by atoms with Gasteiger partial charge in [-0.1, -0.05) is 36.8 Å². The zero-order valence-corrected chi connectivity index (χ0v) is 20.6. The van der Waals surface area contributed by atoms with Crippen LogP contribution < -0.4 is 9.64 Å². The number of ether oxygens (including phenoxy) is 2. The highest BCUT2D eigenvalue weighted by molar-refractivity contribution is 6.09. The van der Waals surface area contributed by atoms with Crippen molar-refractivity contribution in [1.29, 1.82) is 0 Å². The molecule has 0 radical (unpaired) electrons. The highest BCUT2D eigenvalue weighted by Crippen LogP contribution is 2.47. The maximum absolute atomic E-state index is 13.7. The first kappa shape index (κ1) is 23.9. The lowest BCUT2D eigenvalue weighted by Gasteiger charge is -2.36. The van der Waals surface area contributed by atoms with Gasteiger partial charge in [-0.3, -0.25) is 9.59 Å². The first-order valence-corrected chi connectivity index (χ1v) is 12.0. The van der Waals surface area contributed by atoms with Gasteiger partial charge < -0.3 is 19.3 Å². The fourth-order valence-corrected chi connectivity index (χ4v) is 5.30. The first-order chi connectivity index (χ1) is 16.4. The minimum atomic E-state index is -0.179. The number of fused-ring (bicyclic) bond motifs is 2. The summed E-state index contributed by atoms with van der Waals surface area (Å²) in [5.41, 5.74) is 3.20. The molecule has 1 spiro atoms. The summed E-state index contributed by atoms with van der Waals surface area (Å²) in [6, 6.07) is 15.6. The molecule has 0 aromatic heterocycles. The molecule has 2 aliphatic rings. The van der Waals surface area contributed by atoms with Crippen molar-refractivity contribution in [3.05, 3.63) is 71.0 Å². The van der Waals surface area contributed by atoms with Crippen molar-refractivity contribution in [2.45, 2.75) is 44.9 Å². The summed E-state index contributed by atoms with van der Waals surface area (Å²) in [6.45, 7) is 5.66. The van der Waals surface area contributed by atoms with Gasteiger partial charge in [-0.2, -0.15) is 0 Å². The Bertz CT molecular complexity index is 1110. The highest BCUT2D eigenvalue weighted by atomic mass is 16.5. The molecule has 1 unspecified atom stereocenters. The molecule has 0 saturated carbocycles. The van der Waals surface area contributed by atoms with Crippen molar-refractivity contribution in [2.75, 3.05) is 38.8 Å². The summed E-state index contributed by atoms with van der Waals surface area (Å²) in [5, 5.41) is 0. The number of amides is 2. The van der Waals surface area contributed by atoms with E-state index < -0.39 is 0 Å². The topological polar surface area (TPSA) is 59.1 Å². The number of nitrogens with zero attached hydrogens (tertiary/aromatic N) is 2. The second-order valence-electron chi connectivity index (χ2n) is 9.27. The van der Waals surface area contributed by atoms with E-state index in [0.29, 0.717) is 35.7 Å². The van der Waals surface area contributed by atoms with Crippen LogP contribution in [0.25, 0.3) is 0 Å². The fourth-order valence-electron chi connectivity index (χ4n) is 5.30. The third-order valence-electron chi connectivity index (χ3n) is 7.45. The van der Waals surface area contributed by atoms with E-state index in [-0.39, 0.29) is 17.2 Å². The number of para-hydroxylation sites is 2. The molecule has 0 bridgehead atoms. The lowest BCUT2D eigenvalue weighted by atomic mass is 9.74. The Morgan fingerprint density at radius 3 is 2.41 bits per heavy atom. The molecule has 6 heteroatoms. The van der Waals surface area contributed by atoms with Gasteiger partial charge in [-0.25, -0.2) is 0 Å². The van der Waals surface area contributed by atoms with E-state index >= 15 is 0 Å². The van der Waals surface area contributed by atoms with Crippen LogP contribution in [0.4, 0.5) is 5.69 Å². The van der Waals surface area contributed by atoms with Crippen molar-refractivity contribution in [1.82, 2.24) is 4.90 Å². The van der Waals surface area contributed by atoms with Crippen LogP contribution in [0.3, 0.4) is 0 Å². The second kappa shape index (κ2) is 9.92. The zero-order valence-electron chi connectivity index (χ0n) is 20.6. The van der Waals surface area contributed by atoms with Gasteiger partial charge in [0, 0.05) is 30.7 Å². The van der Waals surface area contributed by atoms with Gasteiger partial charge in [0.2, 0.25) is 0 Å². The number of likely N-dealkylation sites (tertiary alicyclic amines) is 1. The van der Waals surface area contributed by atoms with Gasteiger partial charge in [0.1, 0.15) is 11.5 Å². The van der Waals surface area contributed by atoms with Crippen LogP contribution in [-0.4, -0.2) is 50.6 Å². The van der Waals surface area contributed by atoms with Crippen LogP contribution in [0.2, 0.25) is 0 Å². The number of hydrogen-bond acceptors (Lipinski definition) is 4. The number of hydrogen-bond donors (Lipinski definition) is 0. The number of anilines is 1. The predicted molar refractivity (Wildman–Crippen MR) is 133 cm³/mol. The number of rotatable bonds is 4. The van der Waals surface area contributed by atoms with Gasteiger partial charge in [-0.05, 0) is 56.9 Å². The molecule has 0 aliphatic carbocycles. The van der Waals surface area contributed by atoms with E-state index in [2.05, 4.69) is 6.07 Å². The quantitative estimate of drug-likeness (QED) is 0.477. The van der Waals surface area contributed by atoms with E-state index in [4.69, 9.17) is 9.47 Å². The van der Waals surface area contributed by atoms with Crippen LogP contribution >= 0.6 is 0 Å².